The van der Waals surface area contributed by atoms with Crippen molar-refractivity contribution in [3.63, 3.8) is 0 Å². The third-order valence-electron chi connectivity index (χ3n) is 4.57. The zero-order valence-corrected chi connectivity index (χ0v) is 16.8. The van der Waals surface area contributed by atoms with Gasteiger partial charge in [0.2, 0.25) is 5.78 Å². The minimum atomic E-state index is -0.940. The number of nitrogens with one attached hydrogen (secondary N) is 1. The summed E-state index contributed by atoms with van der Waals surface area (Å²) in [5.41, 5.74) is 2.68. The van der Waals surface area contributed by atoms with Crippen molar-refractivity contribution in [2.75, 3.05) is 12.4 Å². The zero-order chi connectivity index (χ0) is 21.8. The fraction of sp³-hybridized carbons (Fsp3) is 0.190. The number of rotatable bonds is 8. The molecule has 31 heavy (non-hydrogen) atoms. The summed E-state index contributed by atoms with van der Waals surface area (Å²) in [6, 6.07) is 5.84. The average molecular weight is 421 g/mol. The first kappa shape index (κ1) is 20.2. The second kappa shape index (κ2) is 8.76. The van der Waals surface area contributed by atoms with Gasteiger partial charge < -0.3 is 24.2 Å². The Bertz CT molecular complexity index is 1170. The van der Waals surface area contributed by atoms with E-state index in [0.717, 1.165) is 0 Å². The van der Waals surface area contributed by atoms with Crippen LogP contribution < -0.4 is 10.1 Å². The smallest absolute Gasteiger partial charge is 0.213 e. The number of carbonyl (C=O) groups is 1. The molecule has 1 unspecified atom stereocenters. The van der Waals surface area contributed by atoms with Crippen LogP contribution >= 0.6 is 0 Å². The fourth-order valence-electron chi connectivity index (χ4n) is 3.11. The SMILES string of the molecule is COc1cc(CO)cc(NC(C(=O)c2nocc2-c2cncnc2)c2cc(C)on2)c1. The molecule has 3 heterocycles. The van der Waals surface area contributed by atoms with Gasteiger partial charge in [-0.05, 0) is 24.6 Å². The predicted octanol–water partition coefficient (Wildman–Crippen LogP) is 2.97. The fourth-order valence-corrected chi connectivity index (χ4v) is 3.11. The number of benzene rings is 1. The molecule has 158 valence electrons. The van der Waals surface area contributed by atoms with Gasteiger partial charge in [-0.1, -0.05) is 10.3 Å². The van der Waals surface area contributed by atoms with Gasteiger partial charge in [0.25, 0.3) is 0 Å². The molecular weight excluding hydrogens is 402 g/mol. The molecule has 3 aromatic heterocycles. The van der Waals surface area contributed by atoms with E-state index >= 15 is 0 Å². The van der Waals surface area contributed by atoms with Crippen LogP contribution in [0.25, 0.3) is 11.1 Å². The molecule has 1 aromatic carbocycles. The van der Waals surface area contributed by atoms with Gasteiger partial charge >= 0.3 is 0 Å². The molecule has 0 amide bonds. The highest BCUT2D eigenvalue weighted by molar-refractivity contribution is 6.05. The first-order chi connectivity index (χ1) is 15.1. The molecule has 4 aromatic rings. The molecule has 0 bridgehead atoms. The van der Waals surface area contributed by atoms with Crippen molar-refractivity contribution in [1.82, 2.24) is 20.3 Å². The summed E-state index contributed by atoms with van der Waals surface area (Å²) in [6.07, 6.45) is 5.89. The molecule has 0 aliphatic heterocycles. The van der Waals surface area contributed by atoms with E-state index in [1.807, 2.05) is 0 Å². The molecule has 2 N–H and O–H groups in total. The number of hydrogen-bond donors (Lipinski definition) is 2. The molecule has 0 radical (unpaired) electrons. The largest absolute Gasteiger partial charge is 0.497 e. The summed E-state index contributed by atoms with van der Waals surface area (Å²) in [5.74, 6) is 0.683. The maximum atomic E-state index is 13.5. The maximum Gasteiger partial charge on any atom is 0.213 e. The monoisotopic (exact) mass is 421 g/mol. The van der Waals surface area contributed by atoms with Crippen molar-refractivity contribution >= 4 is 11.5 Å². The van der Waals surface area contributed by atoms with E-state index in [4.69, 9.17) is 13.8 Å². The third kappa shape index (κ3) is 4.28. The molecule has 0 saturated carbocycles. The highest BCUT2D eigenvalue weighted by Crippen LogP contribution is 2.30. The lowest BCUT2D eigenvalue weighted by atomic mass is 10.00. The van der Waals surface area contributed by atoms with Gasteiger partial charge in [-0.3, -0.25) is 4.79 Å². The number of aliphatic hydroxyl groups excluding tert-OH is 1. The topological polar surface area (TPSA) is 136 Å². The van der Waals surface area contributed by atoms with Crippen LogP contribution in [0.3, 0.4) is 0 Å². The lowest BCUT2D eigenvalue weighted by Crippen LogP contribution is -2.22. The Morgan fingerprint density at radius 2 is 2.00 bits per heavy atom. The first-order valence-electron chi connectivity index (χ1n) is 9.31. The Kier molecular flexibility index (Phi) is 5.72. The normalized spacial score (nSPS) is 11.8. The molecule has 10 heteroatoms. The van der Waals surface area contributed by atoms with Gasteiger partial charge in [-0.25, -0.2) is 9.97 Å². The summed E-state index contributed by atoms with van der Waals surface area (Å²) in [4.78, 5) is 21.5. The molecular formula is C21H19N5O5. The van der Waals surface area contributed by atoms with Crippen molar-refractivity contribution in [3.8, 4) is 16.9 Å². The Balaban J connectivity index is 1.74. The second-order valence-electron chi connectivity index (χ2n) is 6.74. The Hall–Kier alpha value is -4.05. The lowest BCUT2D eigenvalue weighted by molar-refractivity contribution is 0.0958. The quantitative estimate of drug-likeness (QED) is 0.409. The van der Waals surface area contributed by atoms with Gasteiger partial charge in [0.05, 0.1) is 19.3 Å². The van der Waals surface area contributed by atoms with Crippen LogP contribution in [-0.4, -0.2) is 38.3 Å². The van der Waals surface area contributed by atoms with Crippen molar-refractivity contribution in [2.24, 2.45) is 0 Å². The lowest BCUT2D eigenvalue weighted by Gasteiger charge is -2.17. The summed E-state index contributed by atoms with van der Waals surface area (Å²) in [5, 5.41) is 20.6. The number of aromatic nitrogens is 4. The van der Waals surface area contributed by atoms with Gasteiger partial charge in [0, 0.05) is 35.8 Å². The second-order valence-corrected chi connectivity index (χ2v) is 6.74. The van der Waals surface area contributed by atoms with Gasteiger partial charge in [-0.2, -0.15) is 0 Å². The number of Topliss-reactive ketones (excluding diaryl/α,β-unsaturated/α-hetero) is 1. The van der Waals surface area contributed by atoms with Crippen molar-refractivity contribution in [3.05, 3.63) is 72.0 Å². The molecule has 0 fully saturated rings. The third-order valence-corrected chi connectivity index (χ3v) is 4.57. The summed E-state index contributed by atoms with van der Waals surface area (Å²) in [7, 11) is 1.52. The number of hydrogen-bond acceptors (Lipinski definition) is 10. The van der Waals surface area contributed by atoms with E-state index in [2.05, 4.69) is 25.6 Å². The van der Waals surface area contributed by atoms with Gasteiger partial charge in [0.1, 0.15) is 35.8 Å². The number of aliphatic hydroxyl groups is 1. The minimum absolute atomic E-state index is 0.0956. The molecule has 1 atom stereocenters. The van der Waals surface area contributed by atoms with Crippen molar-refractivity contribution in [2.45, 2.75) is 19.6 Å². The number of aryl methyl sites for hydroxylation is 1. The molecule has 10 nitrogen and oxygen atoms in total. The number of ether oxygens (including phenoxy) is 1. The van der Waals surface area contributed by atoms with E-state index in [1.165, 1.54) is 19.7 Å². The van der Waals surface area contributed by atoms with E-state index in [1.54, 1.807) is 43.6 Å². The first-order valence-corrected chi connectivity index (χ1v) is 9.31. The Morgan fingerprint density at radius 3 is 2.68 bits per heavy atom. The van der Waals surface area contributed by atoms with E-state index in [9.17, 15) is 9.90 Å². The van der Waals surface area contributed by atoms with Crippen LogP contribution in [0.5, 0.6) is 5.75 Å². The maximum absolute atomic E-state index is 13.5. The van der Waals surface area contributed by atoms with Crippen LogP contribution in [0.4, 0.5) is 5.69 Å². The zero-order valence-electron chi connectivity index (χ0n) is 16.8. The summed E-state index contributed by atoms with van der Waals surface area (Å²) < 4.78 is 15.6. The van der Waals surface area contributed by atoms with Crippen molar-refractivity contribution in [1.29, 1.82) is 0 Å². The van der Waals surface area contributed by atoms with Crippen LogP contribution in [0.2, 0.25) is 0 Å². The Morgan fingerprint density at radius 1 is 1.19 bits per heavy atom. The van der Waals surface area contributed by atoms with E-state index in [-0.39, 0.29) is 12.3 Å². The number of methoxy groups -OCH3 is 1. The number of carbonyl (C=O) groups excluding carboxylic acids is 1. The highest BCUT2D eigenvalue weighted by Gasteiger charge is 2.30. The van der Waals surface area contributed by atoms with Crippen LogP contribution in [-0.2, 0) is 6.61 Å². The standard InChI is InChI=1S/C21H19N5O5/c1-12-3-18(25-31-12)20(24-15-4-13(9-27)5-16(6-15)29-2)21(28)19-17(10-30-26-19)14-7-22-11-23-8-14/h3-8,10-11,20,24,27H,9H2,1-2H3. The molecule has 4 rings (SSSR count). The molecule has 0 spiro atoms. The summed E-state index contributed by atoms with van der Waals surface area (Å²) >= 11 is 0. The van der Waals surface area contributed by atoms with Gasteiger partial charge in [0.15, 0.2) is 5.69 Å². The van der Waals surface area contributed by atoms with E-state index in [0.29, 0.717) is 39.6 Å². The minimum Gasteiger partial charge on any atom is -0.497 e. The van der Waals surface area contributed by atoms with Gasteiger partial charge in [-0.15, -0.1) is 0 Å². The number of anilines is 1. The number of ketones is 1. The van der Waals surface area contributed by atoms with Crippen LogP contribution in [0, 0.1) is 6.92 Å². The van der Waals surface area contributed by atoms with Crippen molar-refractivity contribution < 1.29 is 23.7 Å². The van der Waals surface area contributed by atoms with E-state index < -0.39 is 11.8 Å². The van der Waals surface area contributed by atoms with Crippen LogP contribution in [0.15, 0.2) is 58.3 Å². The predicted molar refractivity (Wildman–Crippen MR) is 108 cm³/mol. The van der Waals surface area contributed by atoms with Crippen LogP contribution in [0.1, 0.15) is 33.5 Å². The molecule has 0 aliphatic rings. The Labute approximate surface area is 176 Å². The molecule has 0 aliphatic carbocycles. The molecule has 0 saturated heterocycles. The highest BCUT2D eigenvalue weighted by atomic mass is 16.5. The average Bonchev–Trinajstić information content (AvgIpc) is 3.46. The number of nitrogens with zero attached hydrogens (tertiary/aromatic N) is 4. The summed E-state index contributed by atoms with van der Waals surface area (Å²) in [6.45, 7) is 1.55.